The van der Waals surface area contributed by atoms with Gasteiger partial charge >= 0.3 is 0 Å². The largest absolute Gasteiger partial charge is 0.290 e. The minimum absolute atomic E-state index is 0.331. The number of rotatable bonds is 4. The SMILES string of the molecule is O=C1NC(=O)/C(=C/c2ccnc(CCC3CCCCC3)n2)S1. The van der Waals surface area contributed by atoms with E-state index in [-0.39, 0.29) is 11.1 Å². The van der Waals surface area contributed by atoms with Gasteiger partial charge in [-0.15, -0.1) is 0 Å². The second-order valence-corrected chi connectivity index (χ2v) is 6.81. The van der Waals surface area contributed by atoms with Gasteiger partial charge < -0.3 is 0 Å². The summed E-state index contributed by atoms with van der Waals surface area (Å²) in [4.78, 5) is 31.9. The van der Waals surface area contributed by atoms with Gasteiger partial charge in [0, 0.05) is 12.6 Å². The number of nitrogens with one attached hydrogen (secondary N) is 1. The monoisotopic (exact) mass is 317 g/mol. The van der Waals surface area contributed by atoms with Crippen LogP contribution in [0.15, 0.2) is 17.2 Å². The third-order valence-electron chi connectivity index (χ3n) is 4.15. The van der Waals surface area contributed by atoms with Crippen LogP contribution in [0.1, 0.15) is 50.0 Å². The normalized spacial score (nSPS) is 21.4. The van der Waals surface area contributed by atoms with E-state index in [4.69, 9.17) is 0 Å². The minimum atomic E-state index is -0.350. The first kappa shape index (κ1) is 15.2. The molecule has 6 heteroatoms. The maximum absolute atomic E-state index is 11.5. The molecular formula is C16H19N3O2S. The first-order valence-corrected chi connectivity index (χ1v) is 8.59. The van der Waals surface area contributed by atoms with Gasteiger partial charge in [0.05, 0.1) is 10.6 Å². The van der Waals surface area contributed by atoms with Gasteiger partial charge in [-0.3, -0.25) is 14.9 Å². The van der Waals surface area contributed by atoms with Crippen molar-refractivity contribution in [1.82, 2.24) is 15.3 Å². The zero-order chi connectivity index (χ0) is 15.4. The number of imide groups is 1. The highest BCUT2D eigenvalue weighted by Crippen LogP contribution is 2.27. The summed E-state index contributed by atoms with van der Waals surface area (Å²) in [6.45, 7) is 0. The molecule has 0 radical (unpaired) electrons. The quantitative estimate of drug-likeness (QED) is 0.863. The van der Waals surface area contributed by atoms with Crippen molar-refractivity contribution < 1.29 is 9.59 Å². The molecule has 0 spiro atoms. The van der Waals surface area contributed by atoms with E-state index < -0.39 is 0 Å². The number of carbonyl (C=O) groups excluding carboxylic acids is 2. The molecule has 22 heavy (non-hydrogen) atoms. The Morgan fingerprint density at radius 1 is 1.27 bits per heavy atom. The van der Waals surface area contributed by atoms with E-state index in [1.807, 2.05) is 0 Å². The van der Waals surface area contributed by atoms with E-state index in [1.54, 1.807) is 18.3 Å². The van der Waals surface area contributed by atoms with Crippen LogP contribution in [0, 0.1) is 5.92 Å². The van der Waals surface area contributed by atoms with Gasteiger partial charge in [-0.2, -0.15) is 0 Å². The van der Waals surface area contributed by atoms with Crippen LogP contribution in [0.4, 0.5) is 4.79 Å². The number of hydrogen-bond acceptors (Lipinski definition) is 5. The van der Waals surface area contributed by atoms with Gasteiger partial charge in [0.1, 0.15) is 5.82 Å². The Morgan fingerprint density at radius 3 is 2.82 bits per heavy atom. The summed E-state index contributed by atoms with van der Waals surface area (Å²) < 4.78 is 0. The molecule has 3 rings (SSSR count). The summed E-state index contributed by atoms with van der Waals surface area (Å²) in [5.41, 5.74) is 0.681. The Balaban J connectivity index is 1.63. The molecule has 2 heterocycles. The number of carbonyl (C=O) groups is 2. The number of thioether (sulfide) groups is 1. The lowest BCUT2D eigenvalue weighted by Crippen LogP contribution is -2.17. The molecule has 1 aliphatic heterocycles. The molecule has 1 aliphatic carbocycles. The van der Waals surface area contributed by atoms with Gasteiger partial charge in [-0.25, -0.2) is 9.97 Å². The van der Waals surface area contributed by atoms with E-state index >= 15 is 0 Å². The van der Waals surface area contributed by atoms with Crippen molar-refractivity contribution in [3.8, 4) is 0 Å². The van der Waals surface area contributed by atoms with Crippen LogP contribution in [0.25, 0.3) is 6.08 Å². The second kappa shape index (κ2) is 7.05. The summed E-state index contributed by atoms with van der Waals surface area (Å²) in [6.07, 6.45) is 12.1. The molecule has 0 bridgehead atoms. The van der Waals surface area contributed by atoms with Crippen molar-refractivity contribution in [2.45, 2.75) is 44.9 Å². The van der Waals surface area contributed by atoms with Crippen LogP contribution in [0.3, 0.4) is 0 Å². The van der Waals surface area contributed by atoms with Crippen LogP contribution < -0.4 is 5.32 Å². The van der Waals surface area contributed by atoms with Crippen LogP contribution in [-0.4, -0.2) is 21.1 Å². The molecule has 1 aromatic rings. The Labute approximate surface area is 134 Å². The lowest BCUT2D eigenvalue weighted by molar-refractivity contribution is -0.115. The van der Waals surface area contributed by atoms with E-state index in [0.717, 1.165) is 36.3 Å². The number of hydrogen-bond donors (Lipinski definition) is 1. The molecule has 1 N–H and O–H groups in total. The van der Waals surface area contributed by atoms with E-state index in [0.29, 0.717) is 10.6 Å². The van der Waals surface area contributed by atoms with Crippen molar-refractivity contribution >= 4 is 29.0 Å². The third-order valence-corrected chi connectivity index (χ3v) is 4.96. The Kier molecular flexibility index (Phi) is 4.87. The highest BCUT2D eigenvalue weighted by Gasteiger charge is 2.25. The Morgan fingerprint density at radius 2 is 2.09 bits per heavy atom. The standard InChI is InChI=1S/C16H19N3O2S/c20-15-13(22-16(21)19-15)10-12-8-9-17-14(18-12)7-6-11-4-2-1-3-5-11/h8-11H,1-7H2,(H,19,20,21)/b13-10-. The molecule has 2 aliphatic rings. The van der Waals surface area contributed by atoms with E-state index in [9.17, 15) is 9.59 Å². The predicted molar refractivity (Wildman–Crippen MR) is 86.0 cm³/mol. The summed E-state index contributed by atoms with van der Waals surface area (Å²) in [5, 5.41) is 1.91. The molecule has 1 saturated carbocycles. The van der Waals surface area contributed by atoms with Gasteiger partial charge in [0.2, 0.25) is 0 Å². The first-order valence-electron chi connectivity index (χ1n) is 7.77. The third kappa shape index (κ3) is 3.94. The average molecular weight is 317 g/mol. The molecule has 2 fully saturated rings. The van der Waals surface area contributed by atoms with Crippen molar-refractivity contribution in [3.05, 3.63) is 28.7 Å². The van der Waals surface area contributed by atoms with Crippen LogP contribution in [0.5, 0.6) is 0 Å². The topological polar surface area (TPSA) is 72.0 Å². The lowest BCUT2D eigenvalue weighted by Gasteiger charge is -2.20. The zero-order valence-electron chi connectivity index (χ0n) is 12.4. The number of nitrogens with zero attached hydrogens (tertiary/aromatic N) is 2. The lowest BCUT2D eigenvalue weighted by atomic mass is 9.86. The highest BCUT2D eigenvalue weighted by atomic mass is 32.2. The fraction of sp³-hybridized carbons (Fsp3) is 0.500. The van der Waals surface area contributed by atoms with Crippen molar-refractivity contribution in [1.29, 1.82) is 0 Å². The Bertz CT molecular complexity index is 609. The molecule has 116 valence electrons. The maximum atomic E-state index is 11.5. The molecule has 1 aromatic heterocycles. The number of amides is 2. The zero-order valence-corrected chi connectivity index (χ0v) is 13.2. The summed E-state index contributed by atoms with van der Waals surface area (Å²) >= 11 is 0.912. The fourth-order valence-corrected chi connectivity index (χ4v) is 3.65. The fourth-order valence-electron chi connectivity index (χ4n) is 2.98. The number of aryl methyl sites for hydroxylation is 1. The van der Waals surface area contributed by atoms with Gasteiger partial charge in [-0.1, -0.05) is 32.1 Å². The maximum Gasteiger partial charge on any atom is 0.290 e. The van der Waals surface area contributed by atoms with Crippen molar-refractivity contribution in [2.24, 2.45) is 5.92 Å². The minimum Gasteiger partial charge on any atom is -0.282 e. The highest BCUT2D eigenvalue weighted by molar-refractivity contribution is 8.18. The van der Waals surface area contributed by atoms with E-state index in [1.165, 1.54) is 32.1 Å². The molecule has 0 aromatic carbocycles. The smallest absolute Gasteiger partial charge is 0.282 e. The molecule has 2 amide bonds. The first-order chi connectivity index (χ1) is 10.7. The second-order valence-electron chi connectivity index (χ2n) is 5.79. The molecule has 1 saturated heterocycles. The van der Waals surface area contributed by atoms with Crippen LogP contribution >= 0.6 is 11.8 Å². The van der Waals surface area contributed by atoms with Gasteiger partial charge in [-0.05, 0) is 36.2 Å². The molecule has 0 atom stereocenters. The van der Waals surface area contributed by atoms with Crippen molar-refractivity contribution in [3.63, 3.8) is 0 Å². The molecule has 5 nitrogen and oxygen atoms in total. The van der Waals surface area contributed by atoms with Gasteiger partial charge in [0.15, 0.2) is 0 Å². The summed E-state index contributed by atoms with van der Waals surface area (Å²) in [7, 11) is 0. The van der Waals surface area contributed by atoms with Crippen LogP contribution in [-0.2, 0) is 11.2 Å². The number of aromatic nitrogens is 2. The van der Waals surface area contributed by atoms with Gasteiger partial charge in [0.25, 0.3) is 11.1 Å². The summed E-state index contributed by atoms with van der Waals surface area (Å²) in [5.74, 6) is 1.26. The Hall–Kier alpha value is -1.69. The van der Waals surface area contributed by atoms with Crippen LogP contribution in [0.2, 0.25) is 0 Å². The summed E-state index contributed by atoms with van der Waals surface area (Å²) in [6, 6.07) is 1.76. The predicted octanol–water partition coefficient (Wildman–Crippen LogP) is 3.31. The average Bonchev–Trinajstić information content (AvgIpc) is 2.84. The molecule has 0 unspecified atom stereocenters. The molecular weight excluding hydrogens is 298 g/mol. The van der Waals surface area contributed by atoms with E-state index in [2.05, 4.69) is 15.3 Å². The van der Waals surface area contributed by atoms with Crippen molar-refractivity contribution in [2.75, 3.05) is 0 Å².